The van der Waals surface area contributed by atoms with Gasteiger partial charge in [0, 0.05) is 42.0 Å². The largest absolute Gasteiger partial charge is 0.543 e. The van der Waals surface area contributed by atoms with E-state index in [1.54, 1.807) is 7.05 Å². The molecule has 0 radical (unpaired) electrons. The van der Waals surface area contributed by atoms with E-state index >= 15 is 0 Å². The van der Waals surface area contributed by atoms with Crippen LogP contribution >= 0.6 is 23.1 Å². The minimum Gasteiger partial charge on any atom is -0.543 e. The lowest BCUT2D eigenvalue weighted by atomic mass is 10.0. The van der Waals surface area contributed by atoms with Gasteiger partial charge in [-0.2, -0.15) is 0 Å². The Labute approximate surface area is 220 Å². The van der Waals surface area contributed by atoms with E-state index < -0.39 is 34.9 Å². The zero-order valence-electron chi connectivity index (χ0n) is 20.2. The molecule has 2 saturated heterocycles. The molecule has 4 aliphatic rings. The van der Waals surface area contributed by atoms with Crippen molar-refractivity contribution in [2.45, 2.75) is 17.8 Å². The third-order valence-corrected chi connectivity index (χ3v) is 9.73. The second-order valence-electron chi connectivity index (χ2n) is 10.1. The molecule has 0 spiro atoms. The quantitative estimate of drug-likeness (QED) is 0.0958. The summed E-state index contributed by atoms with van der Waals surface area (Å²) in [6, 6.07) is -0.999. The number of carbonyl (C=O) groups is 4. The van der Waals surface area contributed by atoms with Crippen LogP contribution in [0.25, 0.3) is 0 Å². The lowest BCUT2D eigenvalue weighted by molar-refractivity contribution is -0.910. The first kappa shape index (κ1) is 25.5. The number of carbonyl (C=O) groups excluding carboxylic acids is 4. The van der Waals surface area contributed by atoms with Gasteiger partial charge in [0.25, 0.3) is 11.8 Å². The number of nitrogens with two attached hydrogens (primary N) is 1. The molecular weight excluding hydrogens is 522 g/mol. The summed E-state index contributed by atoms with van der Waals surface area (Å²) in [5, 5.41) is 30.7. The third kappa shape index (κ3) is 4.34. The minimum absolute atomic E-state index is 0.0130. The zero-order valence-corrected chi connectivity index (χ0v) is 21.8. The summed E-state index contributed by atoms with van der Waals surface area (Å²) in [5.41, 5.74) is 5.70. The van der Waals surface area contributed by atoms with Crippen LogP contribution in [0.1, 0.15) is 12.1 Å². The maximum atomic E-state index is 13.0. The first-order chi connectivity index (χ1) is 17.6. The zero-order chi connectivity index (χ0) is 26.6. The molecule has 15 heteroatoms. The van der Waals surface area contributed by atoms with E-state index in [1.807, 2.05) is 7.05 Å². The number of nitrogens with one attached hydrogen (secondary N) is 2. The van der Waals surface area contributed by atoms with Gasteiger partial charge in [0.2, 0.25) is 5.91 Å². The second kappa shape index (κ2) is 9.29. The SMILES string of the molecule is CNC(=O)C1C2CC[N+](C)(CC3=C(C(=O)[O-])N4C(=O)[C@@H](NC(=O)/C(=N\O)c5csc(N)n5)[C@@H]4SC3)CC21. The van der Waals surface area contributed by atoms with E-state index in [0.717, 1.165) is 30.8 Å². The predicted octanol–water partition coefficient (Wildman–Crippen LogP) is -2.23. The number of oxime groups is 1. The van der Waals surface area contributed by atoms with Crippen molar-refractivity contribution in [3.05, 3.63) is 22.3 Å². The molecule has 3 amide bonds. The molecule has 4 unspecified atom stereocenters. The molecule has 6 atom stereocenters. The Kier molecular flexibility index (Phi) is 6.40. The van der Waals surface area contributed by atoms with Crippen LogP contribution in [0.3, 0.4) is 0 Å². The smallest absolute Gasteiger partial charge is 0.276 e. The Bertz CT molecular complexity index is 1250. The van der Waals surface area contributed by atoms with Gasteiger partial charge in [0.05, 0.1) is 31.8 Å². The molecule has 0 bridgehead atoms. The fourth-order valence-corrected chi connectivity index (χ4v) is 7.80. The number of carboxylic acids is 1. The summed E-state index contributed by atoms with van der Waals surface area (Å²) in [6.07, 6.45) is 0.888. The van der Waals surface area contributed by atoms with E-state index in [9.17, 15) is 29.5 Å². The molecule has 5 N–H and O–H groups in total. The Morgan fingerprint density at radius 1 is 1.38 bits per heavy atom. The van der Waals surface area contributed by atoms with Crippen molar-refractivity contribution in [1.29, 1.82) is 0 Å². The summed E-state index contributed by atoms with van der Waals surface area (Å²) in [7, 11) is 3.69. The maximum Gasteiger partial charge on any atom is 0.276 e. The summed E-state index contributed by atoms with van der Waals surface area (Å²) < 4.78 is 0.585. The average molecular weight is 550 g/mol. The van der Waals surface area contributed by atoms with Gasteiger partial charge >= 0.3 is 0 Å². The topological polar surface area (TPSA) is 190 Å². The predicted molar refractivity (Wildman–Crippen MR) is 132 cm³/mol. The van der Waals surface area contributed by atoms with Crippen molar-refractivity contribution >= 4 is 57.6 Å². The summed E-state index contributed by atoms with van der Waals surface area (Å²) in [4.78, 5) is 55.1. The van der Waals surface area contributed by atoms with Crippen LogP contribution in [0.5, 0.6) is 0 Å². The first-order valence-electron chi connectivity index (χ1n) is 11.8. The Hall–Kier alpha value is -3.17. The van der Waals surface area contributed by atoms with Gasteiger partial charge in [-0.25, -0.2) is 4.98 Å². The molecule has 198 valence electrons. The number of aliphatic carboxylic acids is 1. The second-order valence-corrected chi connectivity index (χ2v) is 12.1. The molecular formula is C22H27N7O6S2. The molecule has 5 rings (SSSR count). The Morgan fingerprint density at radius 2 is 2.14 bits per heavy atom. The number of rotatable bonds is 7. The molecule has 1 aliphatic carbocycles. The summed E-state index contributed by atoms with van der Waals surface area (Å²) in [5.74, 6) is -1.78. The number of anilines is 1. The number of nitrogen functional groups attached to an aromatic ring is 1. The number of carboxylic acid groups (broad SMARTS) is 1. The van der Waals surface area contributed by atoms with Crippen LogP contribution in [0.4, 0.5) is 5.13 Å². The minimum atomic E-state index is -1.44. The van der Waals surface area contributed by atoms with Crippen LogP contribution in [-0.4, -0.2) is 99.9 Å². The number of hydrogen-bond donors (Lipinski definition) is 4. The van der Waals surface area contributed by atoms with Crippen LogP contribution < -0.4 is 21.5 Å². The van der Waals surface area contributed by atoms with E-state index in [2.05, 4.69) is 20.8 Å². The summed E-state index contributed by atoms with van der Waals surface area (Å²) >= 11 is 2.42. The van der Waals surface area contributed by atoms with Gasteiger partial charge in [0.1, 0.15) is 23.7 Å². The molecule has 37 heavy (non-hydrogen) atoms. The van der Waals surface area contributed by atoms with Crippen molar-refractivity contribution in [2.24, 2.45) is 22.9 Å². The number of β-lactam (4-membered cyclic amide) rings is 1. The number of quaternary nitrogens is 1. The molecule has 3 fully saturated rings. The van der Waals surface area contributed by atoms with Crippen molar-refractivity contribution in [1.82, 2.24) is 20.5 Å². The van der Waals surface area contributed by atoms with E-state index in [1.165, 1.54) is 22.0 Å². The number of nitrogens with zero attached hydrogens (tertiary/aromatic N) is 4. The molecule has 13 nitrogen and oxygen atoms in total. The molecule has 1 saturated carbocycles. The van der Waals surface area contributed by atoms with Gasteiger partial charge in [-0.05, 0) is 5.92 Å². The van der Waals surface area contributed by atoms with Crippen LogP contribution in [0, 0.1) is 17.8 Å². The number of hydrogen-bond acceptors (Lipinski definition) is 11. The highest BCUT2D eigenvalue weighted by atomic mass is 32.2. The Morgan fingerprint density at radius 3 is 2.76 bits per heavy atom. The molecule has 0 aromatic carbocycles. The van der Waals surface area contributed by atoms with Gasteiger partial charge in [-0.15, -0.1) is 23.1 Å². The summed E-state index contributed by atoms with van der Waals surface area (Å²) in [6.45, 7) is 2.00. The number of aromatic nitrogens is 1. The highest BCUT2D eigenvalue weighted by Crippen LogP contribution is 2.53. The fraction of sp³-hybridized carbons (Fsp3) is 0.545. The van der Waals surface area contributed by atoms with Crippen molar-refractivity contribution in [2.75, 3.05) is 45.2 Å². The van der Waals surface area contributed by atoms with E-state index in [-0.39, 0.29) is 34.3 Å². The fourth-order valence-electron chi connectivity index (χ4n) is 5.92. The average Bonchev–Trinajstić information content (AvgIpc) is 3.40. The van der Waals surface area contributed by atoms with Gasteiger partial charge in [-0.1, -0.05) is 5.16 Å². The molecule has 4 heterocycles. The maximum absolute atomic E-state index is 13.0. The standard InChI is InChI=1S/C22H27N7O6S2/c1-24-17(30)13-10-3-4-29(2,6-11(10)13)5-9-7-36-20-15(19(32)28(20)16(9)21(33)34)26-18(31)14(27-35)12-8-37-22(23)25-12/h8,10-11,13,15,20H,3-7H2,1-2H3,(H5-,23,24,25,26,30,31,33,34,35)/t10?,11?,13?,15-,20+,29?/m1/s1. The molecule has 3 aliphatic heterocycles. The first-order valence-corrected chi connectivity index (χ1v) is 13.7. The van der Waals surface area contributed by atoms with Crippen LogP contribution in [-0.2, 0) is 19.2 Å². The van der Waals surface area contributed by atoms with Crippen LogP contribution in [0.2, 0.25) is 0 Å². The van der Waals surface area contributed by atoms with E-state index in [4.69, 9.17) is 5.73 Å². The monoisotopic (exact) mass is 549 g/mol. The normalized spacial score (nSPS) is 32.7. The Balaban J connectivity index is 1.29. The van der Waals surface area contributed by atoms with Gasteiger partial charge in [-0.3, -0.25) is 19.3 Å². The number of likely N-dealkylation sites (N-methyl/N-ethyl adjacent to an activating group) is 1. The highest BCUT2D eigenvalue weighted by Gasteiger charge is 2.60. The van der Waals surface area contributed by atoms with Gasteiger partial charge < -0.3 is 36.0 Å². The number of thiazole rings is 1. The third-order valence-electron chi connectivity index (χ3n) is 7.71. The number of likely N-dealkylation sites (tertiary alicyclic amines) is 1. The number of amides is 3. The highest BCUT2D eigenvalue weighted by molar-refractivity contribution is 8.00. The lowest BCUT2D eigenvalue weighted by Crippen LogP contribution is -2.72. The molecule has 1 aromatic heterocycles. The van der Waals surface area contributed by atoms with Crippen molar-refractivity contribution in [3.8, 4) is 0 Å². The lowest BCUT2D eigenvalue weighted by Gasteiger charge is -2.51. The van der Waals surface area contributed by atoms with Crippen molar-refractivity contribution in [3.63, 3.8) is 0 Å². The number of thioether (sulfide) groups is 1. The number of fused-ring (bicyclic) bond motifs is 2. The number of piperidine rings is 1. The van der Waals surface area contributed by atoms with E-state index in [0.29, 0.717) is 28.3 Å². The van der Waals surface area contributed by atoms with Gasteiger partial charge in [0.15, 0.2) is 10.8 Å². The molecule has 1 aromatic rings. The van der Waals surface area contributed by atoms with Crippen molar-refractivity contribution < 1.29 is 34.0 Å². The van der Waals surface area contributed by atoms with Crippen LogP contribution in [0.15, 0.2) is 21.8 Å².